The Labute approximate surface area is 146 Å². The summed E-state index contributed by atoms with van der Waals surface area (Å²) in [5.41, 5.74) is 1.95. The molecule has 0 unspecified atom stereocenters. The number of aliphatic carboxylic acids is 1. The van der Waals surface area contributed by atoms with Crippen LogP contribution in [0.2, 0.25) is 0 Å². The molecule has 25 heavy (non-hydrogen) atoms. The van der Waals surface area contributed by atoms with Crippen LogP contribution in [0.3, 0.4) is 0 Å². The first-order valence-corrected chi connectivity index (χ1v) is 8.30. The van der Waals surface area contributed by atoms with Crippen LogP contribution in [0.1, 0.15) is 23.6 Å². The predicted octanol–water partition coefficient (Wildman–Crippen LogP) is 2.91. The highest BCUT2D eigenvalue weighted by atomic mass is 16.5. The van der Waals surface area contributed by atoms with Gasteiger partial charge in [0.15, 0.2) is 0 Å². The molecule has 0 spiro atoms. The van der Waals surface area contributed by atoms with E-state index in [1.165, 1.54) is 0 Å². The number of likely N-dealkylation sites (tertiary alicyclic amines) is 1. The molecule has 0 aromatic heterocycles. The van der Waals surface area contributed by atoms with Crippen molar-refractivity contribution in [2.75, 3.05) is 13.7 Å². The molecule has 3 rings (SSSR count). The third-order valence-corrected chi connectivity index (χ3v) is 4.69. The van der Waals surface area contributed by atoms with Crippen LogP contribution < -0.4 is 4.74 Å². The molecule has 0 aliphatic carbocycles. The van der Waals surface area contributed by atoms with Crippen molar-refractivity contribution in [3.63, 3.8) is 0 Å². The summed E-state index contributed by atoms with van der Waals surface area (Å²) in [6.45, 7) is 0.495. The van der Waals surface area contributed by atoms with Gasteiger partial charge in [0, 0.05) is 13.0 Å². The number of amides is 1. The summed E-state index contributed by atoms with van der Waals surface area (Å²) in [5.74, 6) is -0.941. The number of benzene rings is 2. The zero-order valence-corrected chi connectivity index (χ0v) is 14.1. The van der Waals surface area contributed by atoms with E-state index in [0.717, 1.165) is 16.9 Å². The molecule has 2 atom stereocenters. The summed E-state index contributed by atoms with van der Waals surface area (Å²) in [6.07, 6.45) is 0.725. The van der Waals surface area contributed by atoms with Crippen molar-refractivity contribution in [1.82, 2.24) is 4.90 Å². The van der Waals surface area contributed by atoms with E-state index in [0.29, 0.717) is 13.0 Å². The first kappa shape index (κ1) is 17.0. The largest absolute Gasteiger partial charge is 0.497 e. The van der Waals surface area contributed by atoms with Crippen molar-refractivity contribution < 1.29 is 19.4 Å². The standard InChI is InChI=1S/C20H21NO4/c1-25-16-9-7-14(8-10-16)11-12-21-18(22)13-17(20(23)24)19(21)15-5-3-2-4-6-15/h2-10,17,19H,11-13H2,1H3,(H,23,24)/t17-,19-/m0/s1. The monoisotopic (exact) mass is 339 g/mol. The van der Waals surface area contributed by atoms with Gasteiger partial charge in [-0.25, -0.2) is 0 Å². The van der Waals surface area contributed by atoms with Crippen LogP contribution >= 0.6 is 0 Å². The molecular weight excluding hydrogens is 318 g/mol. The summed E-state index contributed by atoms with van der Waals surface area (Å²) in [4.78, 5) is 25.8. The predicted molar refractivity (Wildman–Crippen MR) is 93.3 cm³/mol. The van der Waals surface area contributed by atoms with Crippen LogP contribution in [0.5, 0.6) is 5.75 Å². The number of methoxy groups -OCH3 is 1. The van der Waals surface area contributed by atoms with Crippen molar-refractivity contribution in [3.05, 3.63) is 65.7 Å². The van der Waals surface area contributed by atoms with Crippen molar-refractivity contribution in [2.24, 2.45) is 5.92 Å². The van der Waals surface area contributed by atoms with Gasteiger partial charge in [-0.3, -0.25) is 9.59 Å². The minimum atomic E-state index is -0.922. The topological polar surface area (TPSA) is 66.8 Å². The third-order valence-electron chi connectivity index (χ3n) is 4.69. The molecular formula is C20H21NO4. The van der Waals surface area contributed by atoms with Crippen molar-refractivity contribution >= 4 is 11.9 Å². The molecule has 1 aliphatic rings. The van der Waals surface area contributed by atoms with Gasteiger partial charge in [-0.1, -0.05) is 42.5 Å². The van der Waals surface area contributed by atoms with E-state index in [2.05, 4.69) is 0 Å². The number of carbonyl (C=O) groups excluding carboxylic acids is 1. The second-order valence-corrected chi connectivity index (χ2v) is 6.19. The highest BCUT2D eigenvalue weighted by molar-refractivity contribution is 5.87. The molecule has 5 nitrogen and oxygen atoms in total. The van der Waals surface area contributed by atoms with Gasteiger partial charge >= 0.3 is 5.97 Å². The van der Waals surface area contributed by atoms with E-state index in [1.54, 1.807) is 12.0 Å². The molecule has 1 aliphatic heterocycles. The van der Waals surface area contributed by atoms with E-state index in [4.69, 9.17) is 4.74 Å². The SMILES string of the molecule is COc1ccc(CCN2C(=O)C[C@H](C(=O)O)[C@@H]2c2ccccc2)cc1. The number of carboxylic acids is 1. The number of nitrogens with zero attached hydrogens (tertiary/aromatic N) is 1. The van der Waals surface area contributed by atoms with Crippen LogP contribution in [-0.4, -0.2) is 35.5 Å². The second-order valence-electron chi connectivity index (χ2n) is 6.19. The fourth-order valence-corrected chi connectivity index (χ4v) is 3.38. The highest BCUT2D eigenvalue weighted by Gasteiger charge is 2.44. The molecule has 0 saturated carbocycles. The number of ether oxygens (including phenoxy) is 1. The van der Waals surface area contributed by atoms with Crippen LogP contribution in [0.4, 0.5) is 0 Å². The van der Waals surface area contributed by atoms with Gasteiger partial charge < -0.3 is 14.7 Å². The Bertz CT molecular complexity index is 742. The lowest BCUT2D eigenvalue weighted by atomic mass is 9.93. The normalized spacial score (nSPS) is 19.9. The van der Waals surface area contributed by atoms with Gasteiger partial charge in [-0.15, -0.1) is 0 Å². The maximum atomic E-state index is 12.4. The lowest BCUT2D eigenvalue weighted by Gasteiger charge is -2.27. The number of carbonyl (C=O) groups is 2. The molecule has 1 fully saturated rings. The zero-order valence-electron chi connectivity index (χ0n) is 14.1. The molecule has 2 aromatic rings. The van der Waals surface area contributed by atoms with Gasteiger partial charge in [0.25, 0.3) is 0 Å². The van der Waals surface area contributed by atoms with Crippen molar-refractivity contribution in [3.8, 4) is 5.75 Å². The van der Waals surface area contributed by atoms with E-state index >= 15 is 0 Å². The van der Waals surface area contributed by atoms with Crippen LogP contribution in [0.25, 0.3) is 0 Å². The summed E-state index contributed by atoms with van der Waals surface area (Å²) in [6, 6.07) is 16.7. The Morgan fingerprint density at radius 1 is 1.16 bits per heavy atom. The van der Waals surface area contributed by atoms with Gasteiger partial charge in [0.1, 0.15) is 5.75 Å². The number of carboxylic acid groups (broad SMARTS) is 1. The molecule has 0 bridgehead atoms. The first-order valence-electron chi connectivity index (χ1n) is 8.30. The Morgan fingerprint density at radius 3 is 2.44 bits per heavy atom. The Balaban J connectivity index is 1.79. The molecule has 1 saturated heterocycles. The van der Waals surface area contributed by atoms with Crippen LogP contribution in [-0.2, 0) is 16.0 Å². The third kappa shape index (κ3) is 3.65. The van der Waals surface area contributed by atoms with Gasteiger partial charge in [0.2, 0.25) is 5.91 Å². The molecule has 0 radical (unpaired) electrons. The number of hydrogen-bond acceptors (Lipinski definition) is 3. The Morgan fingerprint density at radius 2 is 1.84 bits per heavy atom. The van der Waals surface area contributed by atoms with E-state index in [1.807, 2.05) is 54.6 Å². The summed E-state index contributed by atoms with van der Waals surface area (Å²) >= 11 is 0. The average Bonchev–Trinajstić information content (AvgIpc) is 2.98. The van der Waals surface area contributed by atoms with E-state index in [9.17, 15) is 14.7 Å². The molecule has 130 valence electrons. The second kappa shape index (κ2) is 7.38. The maximum absolute atomic E-state index is 12.4. The highest BCUT2D eigenvalue weighted by Crippen LogP contribution is 2.38. The van der Waals surface area contributed by atoms with E-state index < -0.39 is 17.9 Å². The van der Waals surface area contributed by atoms with Gasteiger partial charge in [-0.2, -0.15) is 0 Å². The van der Waals surface area contributed by atoms with Gasteiger partial charge in [-0.05, 0) is 29.7 Å². The zero-order chi connectivity index (χ0) is 17.8. The average molecular weight is 339 g/mol. The maximum Gasteiger partial charge on any atom is 0.309 e. The summed E-state index contributed by atoms with van der Waals surface area (Å²) < 4.78 is 5.15. The van der Waals surface area contributed by atoms with Crippen molar-refractivity contribution in [1.29, 1.82) is 0 Å². The van der Waals surface area contributed by atoms with Crippen LogP contribution in [0, 0.1) is 5.92 Å². The Kier molecular flexibility index (Phi) is 5.03. The fourth-order valence-electron chi connectivity index (χ4n) is 3.38. The van der Waals surface area contributed by atoms with Crippen molar-refractivity contribution in [2.45, 2.75) is 18.9 Å². The molecule has 1 heterocycles. The lowest BCUT2D eigenvalue weighted by Crippen LogP contribution is -2.32. The van der Waals surface area contributed by atoms with E-state index in [-0.39, 0.29) is 12.3 Å². The summed E-state index contributed by atoms with van der Waals surface area (Å²) in [5, 5.41) is 9.53. The minimum absolute atomic E-state index is 0.0531. The molecule has 2 aromatic carbocycles. The Hall–Kier alpha value is -2.82. The molecule has 5 heteroatoms. The molecule has 1 amide bonds. The minimum Gasteiger partial charge on any atom is -0.497 e. The van der Waals surface area contributed by atoms with Crippen LogP contribution in [0.15, 0.2) is 54.6 Å². The first-order chi connectivity index (χ1) is 12.1. The number of rotatable bonds is 6. The quantitative estimate of drug-likeness (QED) is 0.879. The smallest absolute Gasteiger partial charge is 0.309 e. The lowest BCUT2D eigenvalue weighted by molar-refractivity contribution is -0.142. The number of hydrogen-bond donors (Lipinski definition) is 1. The summed E-state index contributed by atoms with van der Waals surface area (Å²) in [7, 11) is 1.62. The molecule has 1 N–H and O–H groups in total. The van der Waals surface area contributed by atoms with Gasteiger partial charge in [0.05, 0.1) is 19.1 Å². The fraction of sp³-hybridized carbons (Fsp3) is 0.300.